The molecule has 98 valence electrons. The maximum absolute atomic E-state index is 12.9. The van der Waals surface area contributed by atoms with Crippen LogP contribution in [0.4, 0.5) is 8.78 Å². The van der Waals surface area contributed by atoms with Gasteiger partial charge >= 0.3 is 0 Å². The van der Waals surface area contributed by atoms with Crippen molar-refractivity contribution in [2.24, 2.45) is 5.92 Å². The molecule has 0 radical (unpaired) electrons. The van der Waals surface area contributed by atoms with E-state index in [1.54, 1.807) is 0 Å². The van der Waals surface area contributed by atoms with Gasteiger partial charge in [-0.15, -0.1) is 0 Å². The molecule has 2 aliphatic carbocycles. The number of amides is 1. The van der Waals surface area contributed by atoms with Crippen LogP contribution in [0.3, 0.4) is 0 Å². The summed E-state index contributed by atoms with van der Waals surface area (Å²) in [5.74, 6) is -2.82. The first kappa shape index (κ1) is 12.7. The predicted octanol–water partition coefficient (Wildman–Crippen LogP) is 1.68. The Balaban J connectivity index is 1.59. The fourth-order valence-electron chi connectivity index (χ4n) is 2.20. The Morgan fingerprint density at radius 1 is 1.12 bits per heavy atom. The van der Waals surface area contributed by atoms with Crippen molar-refractivity contribution in [1.29, 1.82) is 0 Å². The van der Waals surface area contributed by atoms with Crippen molar-refractivity contribution in [1.82, 2.24) is 10.6 Å². The van der Waals surface area contributed by atoms with Crippen molar-refractivity contribution in [3.8, 4) is 0 Å². The zero-order chi connectivity index (χ0) is 12.3. The van der Waals surface area contributed by atoms with Gasteiger partial charge in [-0.05, 0) is 25.7 Å². The van der Waals surface area contributed by atoms with Crippen molar-refractivity contribution in [2.75, 3.05) is 13.1 Å². The third-order valence-corrected chi connectivity index (χ3v) is 3.52. The van der Waals surface area contributed by atoms with Crippen LogP contribution in [0.15, 0.2) is 0 Å². The van der Waals surface area contributed by atoms with Gasteiger partial charge < -0.3 is 10.6 Å². The van der Waals surface area contributed by atoms with Crippen molar-refractivity contribution in [3.63, 3.8) is 0 Å². The molecule has 0 heterocycles. The molecule has 0 bridgehead atoms. The van der Waals surface area contributed by atoms with Crippen LogP contribution in [0.25, 0.3) is 0 Å². The molecule has 2 fully saturated rings. The lowest BCUT2D eigenvalue weighted by Gasteiger charge is -2.27. The molecule has 0 aromatic rings. The van der Waals surface area contributed by atoms with Crippen LogP contribution in [0.1, 0.15) is 38.5 Å². The second-order valence-corrected chi connectivity index (χ2v) is 5.15. The standard InChI is InChI=1S/C12H20F2N2O/c13-12(14)5-3-9(4-6-12)11(17)16-8-7-15-10-1-2-10/h9-10,15H,1-8H2,(H,16,17). The molecule has 0 saturated heterocycles. The van der Waals surface area contributed by atoms with Crippen molar-refractivity contribution in [2.45, 2.75) is 50.5 Å². The third-order valence-electron chi connectivity index (χ3n) is 3.52. The quantitative estimate of drug-likeness (QED) is 0.725. The number of nitrogens with one attached hydrogen (secondary N) is 2. The Morgan fingerprint density at radius 3 is 2.35 bits per heavy atom. The zero-order valence-electron chi connectivity index (χ0n) is 9.98. The molecule has 0 atom stereocenters. The Kier molecular flexibility index (Phi) is 3.97. The second-order valence-electron chi connectivity index (χ2n) is 5.15. The predicted molar refractivity (Wildman–Crippen MR) is 60.9 cm³/mol. The van der Waals surface area contributed by atoms with Crippen molar-refractivity contribution in [3.05, 3.63) is 0 Å². The van der Waals surface area contributed by atoms with Gasteiger partial charge in [0, 0.05) is 37.9 Å². The Bertz CT molecular complexity index is 270. The first-order chi connectivity index (χ1) is 8.07. The zero-order valence-corrected chi connectivity index (χ0v) is 9.98. The van der Waals surface area contributed by atoms with Gasteiger partial charge in [0.25, 0.3) is 0 Å². The van der Waals surface area contributed by atoms with E-state index < -0.39 is 5.92 Å². The number of halogens is 2. The van der Waals surface area contributed by atoms with E-state index >= 15 is 0 Å². The molecule has 5 heteroatoms. The molecule has 0 aromatic carbocycles. The minimum Gasteiger partial charge on any atom is -0.355 e. The minimum absolute atomic E-state index is 0.0573. The highest BCUT2D eigenvalue weighted by Crippen LogP contribution is 2.36. The topological polar surface area (TPSA) is 41.1 Å². The van der Waals surface area contributed by atoms with Gasteiger partial charge in [0.15, 0.2) is 0 Å². The molecule has 3 nitrogen and oxygen atoms in total. The lowest BCUT2D eigenvalue weighted by molar-refractivity contribution is -0.129. The van der Waals surface area contributed by atoms with Gasteiger partial charge in [0.05, 0.1) is 0 Å². The van der Waals surface area contributed by atoms with Gasteiger partial charge in [-0.3, -0.25) is 4.79 Å². The van der Waals surface area contributed by atoms with E-state index in [2.05, 4.69) is 10.6 Å². The summed E-state index contributed by atoms with van der Waals surface area (Å²) in [6, 6.07) is 0.639. The van der Waals surface area contributed by atoms with Gasteiger partial charge in [-0.25, -0.2) is 8.78 Å². The maximum Gasteiger partial charge on any atom is 0.248 e. The minimum atomic E-state index is -2.55. The SMILES string of the molecule is O=C(NCCNC1CC1)C1CCC(F)(F)CC1. The number of alkyl halides is 2. The lowest BCUT2D eigenvalue weighted by Crippen LogP contribution is -2.39. The average molecular weight is 246 g/mol. The number of carbonyl (C=O) groups excluding carboxylic acids is 1. The average Bonchev–Trinajstić information content (AvgIpc) is 3.08. The van der Waals surface area contributed by atoms with Gasteiger partial charge in [0.2, 0.25) is 11.8 Å². The third kappa shape index (κ3) is 4.22. The summed E-state index contributed by atoms with van der Waals surface area (Å²) < 4.78 is 25.8. The van der Waals surface area contributed by atoms with E-state index in [1.807, 2.05) is 0 Å². The van der Waals surface area contributed by atoms with Crippen LogP contribution in [-0.2, 0) is 4.79 Å². The van der Waals surface area contributed by atoms with Gasteiger partial charge in [0.1, 0.15) is 0 Å². The van der Waals surface area contributed by atoms with Gasteiger partial charge in [-0.1, -0.05) is 0 Å². The van der Waals surface area contributed by atoms with Gasteiger partial charge in [-0.2, -0.15) is 0 Å². The van der Waals surface area contributed by atoms with Crippen LogP contribution in [0.5, 0.6) is 0 Å². The van der Waals surface area contributed by atoms with Crippen LogP contribution in [0.2, 0.25) is 0 Å². The normalized spacial score (nSPS) is 24.6. The van der Waals surface area contributed by atoms with Crippen LogP contribution in [-0.4, -0.2) is 31.0 Å². The van der Waals surface area contributed by atoms with E-state index in [0.717, 1.165) is 6.54 Å². The summed E-state index contributed by atoms with van der Waals surface area (Å²) in [7, 11) is 0. The fraction of sp³-hybridized carbons (Fsp3) is 0.917. The smallest absolute Gasteiger partial charge is 0.248 e. The molecule has 0 aliphatic heterocycles. The number of rotatable bonds is 5. The fourth-order valence-corrected chi connectivity index (χ4v) is 2.20. The Labute approximate surface area is 100 Å². The molecule has 0 aromatic heterocycles. The summed E-state index contributed by atoms with van der Waals surface area (Å²) in [6.45, 7) is 1.38. The highest BCUT2D eigenvalue weighted by atomic mass is 19.3. The van der Waals surface area contributed by atoms with Crippen molar-refractivity contribution >= 4 is 5.91 Å². The van der Waals surface area contributed by atoms with E-state index in [-0.39, 0.29) is 24.7 Å². The van der Waals surface area contributed by atoms with E-state index in [1.165, 1.54) is 12.8 Å². The lowest BCUT2D eigenvalue weighted by atomic mass is 9.86. The molecule has 1 amide bonds. The van der Waals surface area contributed by atoms with E-state index in [4.69, 9.17) is 0 Å². The summed E-state index contributed by atoms with van der Waals surface area (Å²) in [5, 5.41) is 6.11. The van der Waals surface area contributed by atoms with Crippen LogP contribution in [0, 0.1) is 5.92 Å². The molecular formula is C12H20F2N2O. The number of hydrogen-bond acceptors (Lipinski definition) is 2. The summed E-state index contributed by atoms with van der Waals surface area (Å²) in [5.41, 5.74) is 0. The number of carbonyl (C=O) groups is 1. The first-order valence-corrected chi connectivity index (χ1v) is 6.46. The van der Waals surface area contributed by atoms with Crippen LogP contribution >= 0.6 is 0 Å². The first-order valence-electron chi connectivity index (χ1n) is 6.46. The van der Waals surface area contributed by atoms with Crippen molar-refractivity contribution < 1.29 is 13.6 Å². The second kappa shape index (κ2) is 5.29. The Morgan fingerprint density at radius 2 is 1.76 bits per heavy atom. The molecule has 0 spiro atoms. The molecule has 2 N–H and O–H groups in total. The van der Waals surface area contributed by atoms with Crippen LogP contribution < -0.4 is 10.6 Å². The monoisotopic (exact) mass is 246 g/mol. The molecular weight excluding hydrogens is 226 g/mol. The van der Waals surface area contributed by atoms with E-state index in [0.29, 0.717) is 25.4 Å². The molecule has 0 unspecified atom stereocenters. The maximum atomic E-state index is 12.9. The molecule has 2 rings (SSSR count). The highest BCUT2D eigenvalue weighted by Gasteiger charge is 2.37. The largest absolute Gasteiger partial charge is 0.355 e. The highest BCUT2D eigenvalue weighted by molar-refractivity contribution is 5.78. The number of hydrogen-bond donors (Lipinski definition) is 2. The summed E-state index contributed by atoms with van der Waals surface area (Å²) >= 11 is 0. The molecule has 2 saturated carbocycles. The molecule has 2 aliphatic rings. The summed E-state index contributed by atoms with van der Waals surface area (Å²) in [4.78, 5) is 11.7. The molecule has 17 heavy (non-hydrogen) atoms. The summed E-state index contributed by atoms with van der Waals surface area (Å²) in [6.07, 6.45) is 2.79. The Hall–Kier alpha value is -0.710. The van der Waals surface area contributed by atoms with E-state index in [9.17, 15) is 13.6 Å².